The van der Waals surface area contributed by atoms with Crippen LogP contribution in [0.2, 0.25) is 0 Å². The number of hydrogen-bond donors (Lipinski definition) is 1. The fraction of sp³-hybridized carbons (Fsp3) is 0.667. The Bertz CT molecular complexity index is 264. The topological polar surface area (TPSA) is 54.4 Å². The Morgan fingerprint density at radius 3 is 1.91 bits per heavy atom. The molecule has 0 rings (SSSR count). The van der Waals surface area contributed by atoms with Gasteiger partial charge in [0.25, 0.3) is 10.1 Å². The lowest BCUT2D eigenvalue weighted by molar-refractivity contribution is 0.492. The van der Waals surface area contributed by atoms with Crippen molar-refractivity contribution < 1.29 is 13.0 Å². The molecule has 0 amide bonds. The molecule has 11 heavy (non-hydrogen) atoms. The van der Waals surface area contributed by atoms with Crippen LogP contribution in [0.1, 0.15) is 20.8 Å². The highest BCUT2D eigenvalue weighted by atomic mass is 32.2. The van der Waals surface area contributed by atoms with E-state index in [0.717, 1.165) is 5.57 Å². The molecule has 0 saturated heterocycles. The van der Waals surface area contributed by atoms with Gasteiger partial charge >= 0.3 is 0 Å². The summed E-state index contributed by atoms with van der Waals surface area (Å²) in [5.74, 6) is 0.185. The molecule has 0 aromatic carbocycles. The van der Waals surface area contributed by atoms with Crippen molar-refractivity contribution in [3.8, 4) is 0 Å². The maximum absolute atomic E-state index is 10.6. The smallest absolute Gasteiger partial charge is 0.282 e. The summed E-state index contributed by atoms with van der Waals surface area (Å²) < 4.78 is 30.1. The quantitative estimate of drug-likeness (QED) is 0.502. The molecule has 0 atom stereocenters. The van der Waals surface area contributed by atoms with Gasteiger partial charge in [-0.3, -0.25) is 4.55 Å². The second-order valence-electron chi connectivity index (χ2n) is 2.87. The van der Waals surface area contributed by atoms with Crippen LogP contribution >= 0.6 is 0 Å². The van der Waals surface area contributed by atoms with E-state index in [1.807, 2.05) is 13.8 Å². The molecule has 0 saturated carbocycles. The van der Waals surface area contributed by atoms with Crippen LogP contribution in [-0.4, -0.2) is 23.2 Å². The van der Waals surface area contributed by atoms with Crippen molar-refractivity contribution in [2.24, 2.45) is 5.92 Å². The molecular weight excluding hydrogens is 180 g/mol. The van der Waals surface area contributed by atoms with Crippen LogP contribution in [0, 0.1) is 5.92 Å². The summed E-state index contributed by atoms with van der Waals surface area (Å²) in [5, 5.41) is 0. The van der Waals surface area contributed by atoms with Gasteiger partial charge in [0.05, 0.1) is 10.2 Å². The molecule has 0 spiro atoms. The first-order chi connectivity index (χ1) is 4.76. The summed E-state index contributed by atoms with van der Waals surface area (Å²) in [7, 11) is -3.53. The van der Waals surface area contributed by atoms with Gasteiger partial charge in [-0.1, -0.05) is 19.4 Å². The highest BCUT2D eigenvalue weighted by molar-refractivity contribution is 7.91. The van der Waals surface area contributed by atoms with Crippen molar-refractivity contribution >= 4 is 20.4 Å². The first-order valence-corrected chi connectivity index (χ1v) is 5.85. The predicted octanol–water partition coefficient (Wildman–Crippen LogP) is 0.127. The summed E-state index contributed by atoms with van der Waals surface area (Å²) >= 11 is 0. The number of hydrogen-bond acceptors (Lipinski definition) is 2. The van der Waals surface area contributed by atoms with Gasteiger partial charge in [0, 0.05) is 4.53 Å². The van der Waals surface area contributed by atoms with E-state index in [9.17, 15) is 8.42 Å². The number of allylic oxidation sites excluding steroid dienone is 1. The van der Waals surface area contributed by atoms with Gasteiger partial charge in [-0.05, 0) is 12.8 Å². The Balaban J connectivity index is 4.99. The van der Waals surface area contributed by atoms with E-state index in [0.29, 0.717) is 10.2 Å². The predicted molar refractivity (Wildman–Crippen MR) is 49.0 cm³/mol. The van der Waals surface area contributed by atoms with Crippen molar-refractivity contribution in [3.63, 3.8) is 0 Å². The maximum Gasteiger partial charge on any atom is 0.285 e. The molecule has 0 aliphatic heterocycles. The molecule has 0 fully saturated rings. The molecule has 1 N–H and O–H groups in total. The molecule has 0 heterocycles. The third-order valence-corrected chi connectivity index (χ3v) is 5.24. The van der Waals surface area contributed by atoms with Crippen molar-refractivity contribution in [1.82, 2.24) is 0 Å². The average Bonchev–Trinajstić information content (AvgIpc) is 1.82. The number of rotatable bonds is 2. The second-order valence-corrected chi connectivity index (χ2v) is 6.16. The van der Waals surface area contributed by atoms with E-state index in [-0.39, 0.29) is 10.4 Å². The molecule has 66 valence electrons. The third-order valence-electron chi connectivity index (χ3n) is 1.81. The molecular formula is C6H14O3SSi. The van der Waals surface area contributed by atoms with Gasteiger partial charge in [0.2, 0.25) is 0 Å². The van der Waals surface area contributed by atoms with Gasteiger partial charge < -0.3 is 0 Å². The molecule has 0 aliphatic carbocycles. The Morgan fingerprint density at radius 2 is 1.82 bits per heavy atom. The first-order valence-electron chi connectivity index (χ1n) is 3.41. The second kappa shape index (κ2) is 3.51. The minimum absolute atomic E-state index is 0.185. The van der Waals surface area contributed by atoms with Gasteiger partial charge in [0.15, 0.2) is 0 Å². The minimum atomic E-state index is -3.91. The molecule has 0 aromatic heterocycles. The maximum atomic E-state index is 10.6. The minimum Gasteiger partial charge on any atom is -0.282 e. The summed E-state index contributed by atoms with van der Waals surface area (Å²) in [6.07, 6.45) is 0. The average molecular weight is 194 g/mol. The normalized spacial score (nSPS) is 15.4. The van der Waals surface area contributed by atoms with Crippen molar-refractivity contribution in [3.05, 3.63) is 10.1 Å². The highest BCUT2D eigenvalue weighted by Crippen LogP contribution is 2.14. The molecule has 3 nitrogen and oxygen atoms in total. The Labute approximate surface area is 70.7 Å². The summed E-state index contributed by atoms with van der Waals surface area (Å²) in [6, 6.07) is 0. The zero-order valence-corrected chi connectivity index (χ0v) is 10.1. The summed E-state index contributed by atoms with van der Waals surface area (Å²) in [6.45, 7) is 5.54. The SMILES string of the molecule is C/C(=C(\[SiH3])S(=O)(=O)O)C(C)C. The molecule has 0 aromatic rings. The standard InChI is InChI=1S/C6H14O3SSi/c1-4(2)5(3)6(11)10(7,8)9/h4H,1-3,11H3,(H,7,8,9)/b6-5+. The molecule has 0 unspecified atom stereocenters. The van der Waals surface area contributed by atoms with Gasteiger partial charge in [-0.25, -0.2) is 0 Å². The highest BCUT2D eigenvalue weighted by Gasteiger charge is 2.12. The van der Waals surface area contributed by atoms with Crippen LogP contribution < -0.4 is 0 Å². The molecule has 5 heteroatoms. The first kappa shape index (κ1) is 10.9. The van der Waals surface area contributed by atoms with E-state index >= 15 is 0 Å². The van der Waals surface area contributed by atoms with Gasteiger partial charge in [0.1, 0.15) is 0 Å². The summed E-state index contributed by atoms with van der Waals surface area (Å²) in [4.78, 5) is 0. The van der Waals surface area contributed by atoms with Crippen LogP contribution in [0.25, 0.3) is 0 Å². The Hall–Kier alpha value is -0.133. The molecule has 0 radical (unpaired) electrons. The van der Waals surface area contributed by atoms with Crippen LogP contribution in [0.5, 0.6) is 0 Å². The van der Waals surface area contributed by atoms with Crippen molar-refractivity contribution in [1.29, 1.82) is 0 Å². The molecule has 0 aliphatic rings. The van der Waals surface area contributed by atoms with E-state index < -0.39 is 10.1 Å². The van der Waals surface area contributed by atoms with E-state index in [2.05, 4.69) is 0 Å². The Morgan fingerprint density at radius 1 is 1.45 bits per heavy atom. The van der Waals surface area contributed by atoms with Crippen LogP contribution in [0.3, 0.4) is 0 Å². The lowest BCUT2D eigenvalue weighted by atomic mass is 10.1. The fourth-order valence-electron chi connectivity index (χ4n) is 0.610. The monoisotopic (exact) mass is 194 g/mol. The summed E-state index contributed by atoms with van der Waals surface area (Å²) in [5.41, 5.74) is 0.763. The third kappa shape index (κ3) is 3.18. The van der Waals surface area contributed by atoms with E-state index in [1.165, 1.54) is 0 Å². The van der Waals surface area contributed by atoms with Crippen LogP contribution in [-0.2, 0) is 10.1 Å². The fourth-order valence-corrected chi connectivity index (χ4v) is 1.83. The Kier molecular flexibility index (Phi) is 3.47. The van der Waals surface area contributed by atoms with Crippen LogP contribution in [0.15, 0.2) is 10.1 Å². The lowest BCUT2D eigenvalue weighted by Gasteiger charge is -2.07. The zero-order chi connectivity index (χ0) is 9.23. The lowest BCUT2D eigenvalue weighted by Crippen LogP contribution is -2.07. The molecule has 0 bridgehead atoms. The van der Waals surface area contributed by atoms with Gasteiger partial charge in [-0.15, -0.1) is 0 Å². The van der Waals surface area contributed by atoms with Gasteiger partial charge in [-0.2, -0.15) is 8.42 Å². The van der Waals surface area contributed by atoms with Crippen molar-refractivity contribution in [2.45, 2.75) is 20.8 Å². The van der Waals surface area contributed by atoms with E-state index in [1.54, 1.807) is 6.92 Å². The van der Waals surface area contributed by atoms with Crippen molar-refractivity contribution in [2.75, 3.05) is 0 Å². The largest absolute Gasteiger partial charge is 0.285 e. The van der Waals surface area contributed by atoms with Crippen LogP contribution in [0.4, 0.5) is 0 Å². The van der Waals surface area contributed by atoms with E-state index in [4.69, 9.17) is 4.55 Å². The zero-order valence-electron chi connectivity index (χ0n) is 7.25.